The number of phenols is 1. The van der Waals surface area contributed by atoms with Crippen molar-refractivity contribution in [3.8, 4) is 17.2 Å². The zero-order valence-corrected chi connectivity index (χ0v) is 15.0. The van der Waals surface area contributed by atoms with E-state index in [-0.39, 0.29) is 11.7 Å². The lowest BCUT2D eigenvalue weighted by atomic mass is 10.0. The predicted octanol–water partition coefficient (Wildman–Crippen LogP) is 3.97. The van der Waals surface area contributed by atoms with Crippen molar-refractivity contribution in [2.24, 2.45) is 0 Å². The number of phenolic OH excluding ortho intramolecular Hbond substituents is 1. The molecular weight excluding hydrogens is 374 g/mol. The lowest BCUT2D eigenvalue weighted by Crippen LogP contribution is -2.03. The monoisotopic (exact) mass is 389 g/mol. The van der Waals surface area contributed by atoms with Gasteiger partial charge in [-0.15, -0.1) is 0 Å². The summed E-state index contributed by atoms with van der Waals surface area (Å²) in [6.45, 7) is 1.80. The zero-order chi connectivity index (χ0) is 17.4. The molecule has 0 aliphatic carbocycles. The Morgan fingerprint density at radius 3 is 2.46 bits per heavy atom. The molecule has 1 aliphatic heterocycles. The molecule has 0 bridgehead atoms. The highest BCUT2D eigenvalue weighted by molar-refractivity contribution is 9.10. The van der Waals surface area contributed by atoms with Crippen LogP contribution < -0.4 is 14.8 Å². The third kappa shape index (κ3) is 2.73. The summed E-state index contributed by atoms with van der Waals surface area (Å²) >= 11 is 3.41. The molecule has 0 fully saturated rings. The van der Waals surface area contributed by atoms with Crippen molar-refractivity contribution in [1.82, 2.24) is 0 Å². The van der Waals surface area contributed by atoms with Crippen molar-refractivity contribution < 1.29 is 19.4 Å². The second-order valence-electron chi connectivity index (χ2n) is 5.43. The number of hydrogen-bond acceptors (Lipinski definition) is 4. The van der Waals surface area contributed by atoms with E-state index in [1.807, 2.05) is 6.07 Å². The number of anilines is 1. The lowest BCUT2D eigenvalue weighted by Gasteiger charge is -2.10. The highest BCUT2D eigenvalue weighted by Gasteiger charge is 2.27. The van der Waals surface area contributed by atoms with E-state index in [4.69, 9.17) is 9.47 Å². The first kappa shape index (κ1) is 16.4. The van der Waals surface area contributed by atoms with Crippen molar-refractivity contribution in [3.63, 3.8) is 0 Å². The molecule has 1 aliphatic rings. The van der Waals surface area contributed by atoms with Crippen LogP contribution in [0.2, 0.25) is 0 Å². The molecule has 0 saturated carbocycles. The number of benzene rings is 2. The topological polar surface area (TPSA) is 67.8 Å². The summed E-state index contributed by atoms with van der Waals surface area (Å²) in [6, 6.07) is 7.05. The van der Waals surface area contributed by atoms with Crippen molar-refractivity contribution in [2.45, 2.75) is 6.92 Å². The molecule has 2 aromatic rings. The van der Waals surface area contributed by atoms with E-state index in [2.05, 4.69) is 21.2 Å². The van der Waals surface area contributed by atoms with Gasteiger partial charge in [0.25, 0.3) is 5.91 Å². The Balaban J connectivity index is 2.17. The third-order valence-corrected chi connectivity index (χ3v) is 4.36. The highest BCUT2D eigenvalue weighted by atomic mass is 79.9. The average Bonchev–Trinajstić information content (AvgIpc) is 2.85. The number of aromatic hydroxyl groups is 1. The largest absolute Gasteiger partial charge is 0.507 e. The molecule has 0 atom stereocenters. The van der Waals surface area contributed by atoms with Gasteiger partial charge in [-0.05, 0) is 36.8 Å². The lowest BCUT2D eigenvalue weighted by molar-refractivity contribution is -0.110. The molecular formula is C18H16BrNO4. The Morgan fingerprint density at radius 1 is 1.12 bits per heavy atom. The van der Waals surface area contributed by atoms with Gasteiger partial charge in [0.1, 0.15) is 5.75 Å². The fraction of sp³-hybridized carbons (Fsp3) is 0.167. The standard InChI is InChI=1S/C18H16BrNO4/c1-9-4-11(19)5-10(17(9)21)6-13-12-7-15(23-2)16(24-3)8-14(12)20-18(13)22/h4-8,21H,1-3H3,(H,20,22)/b13-6-. The van der Waals surface area contributed by atoms with Crippen LogP contribution in [0, 0.1) is 6.92 Å². The van der Waals surface area contributed by atoms with Gasteiger partial charge in [-0.3, -0.25) is 4.79 Å². The van der Waals surface area contributed by atoms with Crippen LogP contribution in [0.5, 0.6) is 17.2 Å². The molecule has 6 heteroatoms. The quantitative estimate of drug-likeness (QED) is 0.779. The number of aryl methyl sites for hydroxylation is 1. The SMILES string of the molecule is COc1cc2c(cc1OC)/C(=C/c1cc(Br)cc(C)c1O)C(=O)N2. The van der Waals surface area contributed by atoms with Gasteiger partial charge in [0.2, 0.25) is 0 Å². The molecule has 1 heterocycles. The number of rotatable bonds is 3. The number of carbonyl (C=O) groups is 1. The zero-order valence-electron chi connectivity index (χ0n) is 13.4. The predicted molar refractivity (Wildman–Crippen MR) is 96.6 cm³/mol. The minimum atomic E-state index is -0.239. The Hall–Kier alpha value is -2.47. The van der Waals surface area contributed by atoms with E-state index < -0.39 is 0 Å². The Bertz CT molecular complexity index is 874. The fourth-order valence-corrected chi connectivity index (χ4v) is 3.28. The molecule has 0 saturated heterocycles. The summed E-state index contributed by atoms with van der Waals surface area (Å²) in [6.07, 6.45) is 1.67. The maximum absolute atomic E-state index is 12.4. The number of halogens is 1. The number of amides is 1. The summed E-state index contributed by atoms with van der Waals surface area (Å²) in [7, 11) is 3.08. The first-order chi connectivity index (χ1) is 11.4. The number of ether oxygens (including phenoxy) is 2. The van der Waals surface area contributed by atoms with Crippen molar-refractivity contribution >= 4 is 39.2 Å². The normalized spacial score (nSPS) is 14.5. The first-order valence-corrected chi connectivity index (χ1v) is 8.02. The summed E-state index contributed by atoms with van der Waals surface area (Å²) in [4.78, 5) is 12.4. The summed E-state index contributed by atoms with van der Waals surface area (Å²) < 4.78 is 11.4. The molecule has 1 amide bonds. The van der Waals surface area contributed by atoms with Gasteiger partial charge in [0.05, 0.1) is 19.9 Å². The van der Waals surface area contributed by atoms with E-state index in [0.29, 0.717) is 33.9 Å². The van der Waals surface area contributed by atoms with E-state index >= 15 is 0 Å². The van der Waals surface area contributed by atoms with E-state index in [0.717, 1.165) is 10.0 Å². The minimum Gasteiger partial charge on any atom is -0.507 e. The van der Waals surface area contributed by atoms with Crippen LogP contribution in [0.15, 0.2) is 28.7 Å². The Labute approximate surface area is 148 Å². The molecule has 0 radical (unpaired) electrons. The smallest absolute Gasteiger partial charge is 0.256 e. The van der Waals surface area contributed by atoms with Gasteiger partial charge in [-0.2, -0.15) is 0 Å². The maximum atomic E-state index is 12.4. The van der Waals surface area contributed by atoms with Crippen LogP contribution in [-0.2, 0) is 4.79 Å². The van der Waals surface area contributed by atoms with E-state index in [1.165, 1.54) is 0 Å². The molecule has 5 nitrogen and oxygen atoms in total. The molecule has 2 aromatic carbocycles. The van der Waals surface area contributed by atoms with Gasteiger partial charge in [0, 0.05) is 27.2 Å². The summed E-state index contributed by atoms with van der Waals surface area (Å²) in [5.41, 5.74) is 3.10. The number of methoxy groups -OCH3 is 2. The molecule has 124 valence electrons. The molecule has 0 spiro atoms. The molecule has 0 unspecified atom stereocenters. The average molecular weight is 390 g/mol. The van der Waals surface area contributed by atoms with Crippen molar-refractivity contribution in [2.75, 3.05) is 19.5 Å². The molecule has 24 heavy (non-hydrogen) atoms. The van der Waals surface area contributed by atoms with Crippen LogP contribution >= 0.6 is 15.9 Å². The van der Waals surface area contributed by atoms with Gasteiger partial charge in [0.15, 0.2) is 11.5 Å². The summed E-state index contributed by atoms with van der Waals surface area (Å²) in [5, 5.41) is 13.1. The molecule has 0 aromatic heterocycles. The van der Waals surface area contributed by atoms with Crippen LogP contribution in [0.1, 0.15) is 16.7 Å². The van der Waals surface area contributed by atoms with Gasteiger partial charge >= 0.3 is 0 Å². The number of fused-ring (bicyclic) bond motifs is 1. The van der Waals surface area contributed by atoms with Crippen LogP contribution in [0.25, 0.3) is 11.6 Å². The molecule has 3 rings (SSSR count). The fourth-order valence-electron chi connectivity index (χ4n) is 2.69. The van der Waals surface area contributed by atoms with Crippen LogP contribution in [0.4, 0.5) is 5.69 Å². The van der Waals surface area contributed by atoms with E-state index in [1.54, 1.807) is 45.4 Å². The second-order valence-corrected chi connectivity index (χ2v) is 6.34. The number of carbonyl (C=O) groups excluding carboxylic acids is 1. The summed E-state index contributed by atoms with van der Waals surface area (Å²) in [5.74, 6) is 0.983. The van der Waals surface area contributed by atoms with Gasteiger partial charge in [-0.1, -0.05) is 15.9 Å². The molecule has 2 N–H and O–H groups in total. The van der Waals surface area contributed by atoms with Gasteiger partial charge < -0.3 is 19.9 Å². The van der Waals surface area contributed by atoms with Crippen LogP contribution in [0.3, 0.4) is 0 Å². The highest BCUT2D eigenvalue weighted by Crippen LogP contribution is 2.42. The van der Waals surface area contributed by atoms with Crippen molar-refractivity contribution in [3.05, 3.63) is 45.4 Å². The van der Waals surface area contributed by atoms with Crippen molar-refractivity contribution in [1.29, 1.82) is 0 Å². The third-order valence-electron chi connectivity index (χ3n) is 3.90. The van der Waals surface area contributed by atoms with Crippen LogP contribution in [-0.4, -0.2) is 25.2 Å². The van der Waals surface area contributed by atoms with E-state index in [9.17, 15) is 9.90 Å². The Morgan fingerprint density at radius 2 is 1.79 bits per heavy atom. The first-order valence-electron chi connectivity index (χ1n) is 7.23. The minimum absolute atomic E-state index is 0.146. The van der Waals surface area contributed by atoms with Gasteiger partial charge in [-0.25, -0.2) is 0 Å². The second kappa shape index (κ2) is 6.20. The number of hydrogen-bond donors (Lipinski definition) is 2. The Kier molecular flexibility index (Phi) is 4.24. The number of nitrogens with one attached hydrogen (secondary N) is 1. The maximum Gasteiger partial charge on any atom is 0.256 e.